The molecule has 0 saturated heterocycles. The molecule has 0 fully saturated rings. The zero-order valence-electron chi connectivity index (χ0n) is 12.1. The summed E-state index contributed by atoms with van der Waals surface area (Å²) in [7, 11) is -3.52. The summed E-state index contributed by atoms with van der Waals surface area (Å²) in [6.45, 7) is 5.40. The van der Waals surface area contributed by atoms with Crippen LogP contribution in [0, 0.1) is 13.8 Å². The number of nitrogens with one attached hydrogen (secondary N) is 2. The summed E-state index contributed by atoms with van der Waals surface area (Å²) in [4.78, 5) is 2.21. The molecular weight excluding hydrogens is 304 g/mol. The molecule has 0 spiro atoms. The molecule has 3 rings (SSSR count). The highest BCUT2D eigenvalue weighted by molar-refractivity contribution is 7.93. The van der Waals surface area contributed by atoms with Crippen molar-refractivity contribution in [1.82, 2.24) is 5.32 Å². The Bertz CT molecular complexity index is 779. The van der Waals surface area contributed by atoms with Gasteiger partial charge in [0.1, 0.15) is 4.90 Å². The van der Waals surface area contributed by atoms with Crippen LogP contribution in [0.15, 0.2) is 29.2 Å². The first-order valence-corrected chi connectivity index (χ1v) is 9.19. The molecular formula is C15H18N2O2S2. The van der Waals surface area contributed by atoms with Crippen molar-refractivity contribution in [2.24, 2.45) is 0 Å². The molecule has 0 saturated carbocycles. The summed E-state index contributed by atoms with van der Waals surface area (Å²) in [5.41, 5.74) is 2.95. The summed E-state index contributed by atoms with van der Waals surface area (Å²) < 4.78 is 27.9. The fraction of sp³-hybridized carbons (Fsp3) is 0.333. The fourth-order valence-electron chi connectivity index (χ4n) is 2.68. The number of sulfonamides is 1. The minimum atomic E-state index is -3.52. The second-order valence-corrected chi connectivity index (χ2v) is 8.36. The second-order valence-electron chi connectivity index (χ2n) is 5.25. The number of rotatable bonds is 3. The molecule has 0 bridgehead atoms. The van der Waals surface area contributed by atoms with Gasteiger partial charge in [0.25, 0.3) is 10.0 Å². The van der Waals surface area contributed by atoms with Gasteiger partial charge in [-0.05, 0) is 50.1 Å². The largest absolute Gasteiger partial charge is 0.312 e. The molecule has 21 heavy (non-hydrogen) atoms. The van der Waals surface area contributed by atoms with Gasteiger partial charge in [-0.3, -0.25) is 4.72 Å². The Labute approximate surface area is 129 Å². The quantitative estimate of drug-likeness (QED) is 0.913. The lowest BCUT2D eigenvalue weighted by Gasteiger charge is -2.21. The van der Waals surface area contributed by atoms with Gasteiger partial charge in [0, 0.05) is 16.3 Å². The molecule has 1 aromatic heterocycles. The maximum absolute atomic E-state index is 12.6. The smallest absolute Gasteiger partial charge is 0.263 e. The van der Waals surface area contributed by atoms with Crippen LogP contribution < -0.4 is 10.0 Å². The van der Waals surface area contributed by atoms with Crippen molar-refractivity contribution in [3.63, 3.8) is 0 Å². The van der Waals surface area contributed by atoms with Crippen molar-refractivity contribution in [3.8, 4) is 0 Å². The second kappa shape index (κ2) is 5.44. The highest BCUT2D eigenvalue weighted by atomic mass is 32.2. The lowest BCUT2D eigenvalue weighted by atomic mass is 10.00. The van der Waals surface area contributed by atoms with Gasteiger partial charge in [-0.15, -0.1) is 11.3 Å². The van der Waals surface area contributed by atoms with E-state index >= 15 is 0 Å². The van der Waals surface area contributed by atoms with Crippen LogP contribution >= 0.6 is 11.3 Å². The van der Waals surface area contributed by atoms with Crippen LogP contribution in [0.2, 0.25) is 0 Å². The zero-order chi connectivity index (χ0) is 15.0. The molecule has 6 heteroatoms. The maximum Gasteiger partial charge on any atom is 0.263 e. The summed E-state index contributed by atoms with van der Waals surface area (Å²) in [6, 6.07) is 7.54. The first-order chi connectivity index (χ1) is 9.97. The molecule has 0 atom stereocenters. The minimum Gasteiger partial charge on any atom is -0.312 e. The lowest BCUT2D eigenvalue weighted by Crippen LogP contribution is -2.25. The molecule has 2 aromatic rings. The zero-order valence-corrected chi connectivity index (χ0v) is 13.7. The van der Waals surface area contributed by atoms with E-state index in [4.69, 9.17) is 0 Å². The van der Waals surface area contributed by atoms with Gasteiger partial charge in [0.05, 0.1) is 5.69 Å². The summed E-state index contributed by atoms with van der Waals surface area (Å²) in [6.07, 6.45) is 0.932. The van der Waals surface area contributed by atoms with E-state index in [1.165, 1.54) is 16.9 Å². The Hall–Kier alpha value is -1.37. The van der Waals surface area contributed by atoms with Gasteiger partial charge in [0.15, 0.2) is 0 Å². The molecule has 0 aliphatic carbocycles. The van der Waals surface area contributed by atoms with Crippen molar-refractivity contribution in [2.45, 2.75) is 31.7 Å². The number of anilines is 1. The molecule has 0 amide bonds. The SMILES string of the molecule is Cc1cc(S(=O)(=O)Nc2cccc3c2CNCC3)c(C)s1. The van der Waals surface area contributed by atoms with Crippen molar-refractivity contribution in [1.29, 1.82) is 0 Å². The Morgan fingerprint density at radius 1 is 1.29 bits per heavy atom. The number of hydrogen-bond donors (Lipinski definition) is 2. The highest BCUT2D eigenvalue weighted by Gasteiger charge is 2.21. The van der Waals surface area contributed by atoms with E-state index in [9.17, 15) is 8.42 Å². The molecule has 1 aromatic carbocycles. The number of hydrogen-bond acceptors (Lipinski definition) is 4. The van der Waals surface area contributed by atoms with E-state index in [2.05, 4.69) is 16.1 Å². The van der Waals surface area contributed by atoms with E-state index in [1.54, 1.807) is 6.07 Å². The normalized spacial score (nSPS) is 14.8. The van der Waals surface area contributed by atoms with Crippen molar-refractivity contribution in [3.05, 3.63) is 45.1 Å². The average Bonchev–Trinajstić information content (AvgIpc) is 2.79. The Morgan fingerprint density at radius 2 is 2.10 bits per heavy atom. The summed E-state index contributed by atoms with van der Waals surface area (Å²) >= 11 is 1.50. The van der Waals surface area contributed by atoms with E-state index < -0.39 is 10.0 Å². The fourth-order valence-corrected chi connectivity index (χ4v) is 5.33. The van der Waals surface area contributed by atoms with Crippen molar-refractivity contribution < 1.29 is 8.42 Å². The Balaban J connectivity index is 1.98. The van der Waals surface area contributed by atoms with E-state index in [0.29, 0.717) is 17.1 Å². The van der Waals surface area contributed by atoms with E-state index in [0.717, 1.165) is 28.3 Å². The van der Waals surface area contributed by atoms with E-state index in [-0.39, 0.29) is 0 Å². The first kappa shape index (κ1) is 14.6. The third-order valence-corrected chi connectivity index (χ3v) is 6.26. The van der Waals surface area contributed by atoms with Crippen LogP contribution in [0.25, 0.3) is 0 Å². The van der Waals surface area contributed by atoms with Crippen LogP contribution in [0.5, 0.6) is 0 Å². The van der Waals surface area contributed by atoms with Gasteiger partial charge in [-0.25, -0.2) is 8.42 Å². The lowest BCUT2D eigenvalue weighted by molar-refractivity contribution is 0.600. The number of aryl methyl sites for hydroxylation is 2. The highest BCUT2D eigenvalue weighted by Crippen LogP contribution is 2.29. The monoisotopic (exact) mass is 322 g/mol. The van der Waals surface area contributed by atoms with Crippen LogP contribution in [0.3, 0.4) is 0 Å². The Morgan fingerprint density at radius 3 is 2.81 bits per heavy atom. The topological polar surface area (TPSA) is 58.2 Å². The molecule has 1 aliphatic heterocycles. The van der Waals surface area contributed by atoms with Gasteiger partial charge in [-0.1, -0.05) is 12.1 Å². The van der Waals surface area contributed by atoms with Gasteiger partial charge in [-0.2, -0.15) is 0 Å². The molecule has 0 unspecified atom stereocenters. The number of benzene rings is 1. The number of thiophene rings is 1. The minimum absolute atomic E-state index is 0.381. The van der Waals surface area contributed by atoms with Gasteiger partial charge in [0.2, 0.25) is 0 Å². The maximum atomic E-state index is 12.6. The van der Waals surface area contributed by atoms with E-state index in [1.807, 2.05) is 26.0 Å². The van der Waals surface area contributed by atoms with Crippen LogP contribution in [0.1, 0.15) is 20.9 Å². The molecule has 4 nitrogen and oxygen atoms in total. The van der Waals surface area contributed by atoms with Crippen LogP contribution in [-0.2, 0) is 23.0 Å². The Kier molecular flexibility index (Phi) is 3.77. The van der Waals surface area contributed by atoms with Crippen molar-refractivity contribution in [2.75, 3.05) is 11.3 Å². The third kappa shape index (κ3) is 2.84. The summed E-state index contributed by atoms with van der Waals surface area (Å²) in [5, 5.41) is 3.29. The van der Waals surface area contributed by atoms with Crippen LogP contribution in [-0.4, -0.2) is 15.0 Å². The predicted molar refractivity (Wildman–Crippen MR) is 86.5 cm³/mol. The third-order valence-electron chi connectivity index (χ3n) is 3.68. The van der Waals surface area contributed by atoms with Gasteiger partial charge >= 0.3 is 0 Å². The number of fused-ring (bicyclic) bond motifs is 1. The van der Waals surface area contributed by atoms with Gasteiger partial charge < -0.3 is 5.32 Å². The van der Waals surface area contributed by atoms with Crippen LogP contribution in [0.4, 0.5) is 5.69 Å². The molecule has 0 radical (unpaired) electrons. The standard InChI is InChI=1S/C15H18N2O2S2/c1-10-8-15(11(2)20-10)21(18,19)17-14-5-3-4-12-6-7-16-9-13(12)14/h3-5,8,16-17H,6-7,9H2,1-2H3. The molecule has 2 N–H and O–H groups in total. The summed E-state index contributed by atoms with van der Waals surface area (Å²) in [5.74, 6) is 0. The molecule has 2 heterocycles. The first-order valence-electron chi connectivity index (χ1n) is 6.89. The van der Waals surface area contributed by atoms with Crippen molar-refractivity contribution >= 4 is 27.0 Å². The molecule has 1 aliphatic rings. The predicted octanol–water partition coefficient (Wildman–Crippen LogP) is 2.81. The molecule has 112 valence electrons. The average molecular weight is 322 g/mol.